The molecule has 2 aromatic carbocycles. The van der Waals surface area contributed by atoms with Crippen molar-refractivity contribution in [3.8, 4) is 0 Å². The molecule has 1 aliphatic carbocycles. The molecule has 192 valence electrons. The molecular weight excluding hydrogens is 452 g/mol. The first kappa shape index (κ1) is 26.0. The lowest BCUT2D eigenvalue weighted by molar-refractivity contribution is -0.149. The molecule has 0 radical (unpaired) electrons. The monoisotopic (exact) mass is 490 g/mol. The van der Waals surface area contributed by atoms with Crippen LogP contribution in [0, 0.1) is 6.92 Å². The molecule has 2 atom stereocenters. The predicted octanol–water partition coefficient (Wildman–Crippen LogP) is 5.25. The molecule has 0 spiro atoms. The Morgan fingerprint density at radius 3 is 2.56 bits per heavy atom. The molecule has 1 saturated carbocycles. The third-order valence-corrected chi connectivity index (χ3v) is 6.82. The molecule has 2 unspecified atom stereocenters. The van der Waals surface area contributed by atoms with E-state index < -0.39 is 0 Å². The van der Waals surface area contributed by atoms with E-state index in [0.717, 1.165) is 43.2 Å². The highest BCUT2D eigenvalue weighted by atomic mass is 16.5. The normalized spacial score (nSPS) is 20.8. The summed E-state index contributed by atoms with van der Waals surface area (Å²) >= 11 is 0. The fraction of sp³-hybridized carbons (Fsp3) is 0.467. The number of hydrogen-bond donors (Lipinski definition) is 1. The Kier molecular flexibility index (Phi) is 8.81. The number of nitrogens with zero attached hydrogens (tertiary/aromatic N) is 1. The fourth-order valence-electron chi connectivity index (χ4n) is 4.83. The number of benzene rings is 2. The number of amides is 2. The van der Waals surface area contributed by atoms with Crippen LogP contribution < -0.4 is 5.32 Å². The summed E-state index contributed by atoms with van der Waals surface area (Å²) in [5.41, 5.74) is 3.77. The summed E-state index contributed by atoms with van der Waals surface area (Å²) < 4.78 is 11.7. The van der Waals surface area contributed by atoms with Crippen LogP contribution in [0.1, 0.15) is 73.0 Å². The van der Waals surface area contributed by atoms with Gasteiger partial charge in [0.25, 0.3) is 11.8 Å². The third-order valence-electron chi connectivity index (χ3n) is 6.82. The Morgan fingerprint density at radius 1 is 1.11 bits per heavy atom. The zero-order valence-electron chi connectivity index (χ0n) is 21.7. The SMILES string of the molecule is Cc1ccc(CN2C(=O)/C(=C\c3ccc(C(=O)NCCCOC(C)C)cc3)OC3CCCCC32)cc1. The molecule has 6 heteroatoms. The number of carbonyl (C=O) groups excluding carboxylic acids is 2. The summed E-state index contributed by atoms with van der Waals surface area (Å²) in [6, 6.07) is 15.8. The lowest BCUT2D eigenvalue weighted by Crippen LogP contribution is -2.54. The minimum absolute atomic E-state index is 0.0258. The second kappa shape index (κ2) is 12.2. The maximum atomic E-state index is 13.5. The van der Waals surface area contributed by atoms with Gasteiger partial charge in [-0.15, -0.1) is 0 Å². The van der Waals surface area contributed by atoms with E-state index in [-0.39, 0.29) is 30.1 Å². The van der Waals surface area contributed by atoms with Gasteiger partial charge >= 0.3 is 0 Å². The van der Waals surface area contributed by atoms with Crippen molar-refractivity contribution >= 4 is 17.9 Å². The molecule has 1 heterocycles. The van der Waals surface area contributed by atoms with Crippen molar-refractivity contribution in [3.63, 3.8) is 0 Å². The summed E-state index contributed by atoms with van der Waals surface area (Å²) in [5.74, 6) is 0.204. The number of rotatable bonds is 9. The molecule has 2 fully saturated rings. The first-order valence-corrected chi connectivity index (χ1v) is 13.2. The van der Waals surface area contributed by atoms with Gasteiger partial charge in [0.1, 0.15) is 6.10 Å². The molecule has 6 nitrogen and oxygen atoms in total. The van der Waals surface area contributed by atoms with Gasteiger partial charge in [-0.05, 0) is 75.8 Å². The molecule has 1 saturated heterocycles. The van der Waals surface area contributed by atoms with Crippen LogP contribution in [0.3, 0.4) is 0 Å². The standard InChI is InChI=1S/C30H38N2O4/c1-21(2)35-18-6-17-31-29(33)25-15-13-23(14-16-25)19-28-30(34)32(20-24-11-9-22(3)10-12-24)26-7-4-5-8-27(26)36-28/h9-16,19,21,26-27H,4-8,17-18,20H2,1-3H3,(H,31,33)/b28-19+. The second-order valence-electron chi connectivity index (χ2n) is 10.1. The Balaban J connectivity index is 1.43. The Bertz CT molecular complexity index is 1060. The van der Waals surface area contributed by atoms with E-state index in [9.17, 15) is 9.59 Å². The van der Waals surface area contributed by atoms with Crippen molar-refractivity contribution in [1.29, 1.82) is 0 Å². The van der Waals surface area contributed by atoms with Crippen LogP contribution in [0.2, 0.25) is 0 Å². The third kappa shape index (κ3) is 6.76. The predicted molar refractivity (Wildman–Crippen MR) is 141 cm³/mol. The number of morpholine rings is 1. The number of hydrogen-bond acceptors (Lipinski definition) is 4. The van der Waals surface area contributed by atoms with Crippen LogP contribution in [-0.2, 0) is 20.8 Å². The molecule has 0 bridgehead atoms. The van der Waals surface area contributed by atoms with Gasteiger partial charge in [-0.2, -0.15) is 0 Å². The van der Waals surface area contributed by atoms with E-state index in [1.165, 1.54) is 5.56 Å². The minimum atomic E-state index is -0.113. The van der Waals surface area contributed by atoms with Crippen LogP contribution in [-0.4, -0.2) is 48.1 Å². The summed E-state index contributed by atoms with van der Waals surface area (Å²) in [7, 11) is 0. The minimum Gasteiger partial charge on any atom is -0.482 e. The van der Waals surface area contributed by atoms with Crippen molar-refractivity contribution in [2.45, 2.75) is 77.7 Å². The zero-order chi connectivity index (χ0) is 25.5. The molecule has 4 rings (SSSR count). The Labute approximate surface area is 214 Å². The largest absolute Gasteiger partial charge is 0.482 e. The maximum absolute atomic E-state index is 13.5. The van der Waals surface area contributed by atoms with Crippen LogP contribution >= 0.6 is 0 Å². The van der Waals surface area contributed by atoms with Gasteiger partial charge in [-0.1, -0.05) is 48.4 Å². The molecule has 0 aromatic heterocycles. The summed E-state index contributed by atoms with van der Waals surface area (Å²) in [4.78, 5) is 27.9. The molecule has 1 N–H and O–H groups in total. The van der Waals surface area contributed by atoms with Gasteiger partial charge in [-0.3, -0.25) is 9.59 Å². The molecule has 1 aliphatic heterocycles. The van der Waals surface area contributed by atoms with Crippen molar-refractivity contribution in [1.82, 2.24) is 10.2 Å². The molecular formula is C30H38N2O4. The van der Waals surface area contributed by atoms with Crippen LogP contribution in [0.25, 0.3) is 6.08 Å². The zero-order valence-corrected chi connectivity index (χ0v) is 21.7. The molecule has 2 aliphatic rings. The Morgan fingerprint density at radius 2 is 1.83 bits per heavy atom. The molecule has 2 aromatic rings. The fourth-order valence-corrected chi connectivity index (χ4v) is 4.83. The topological polar surface area (TPSA) is 67.9 Å². The smallest absolute Gasteiger partial charge is 0.289 e. The van der Waals surface area contributed by atoms with Gasteiger partial charge in [0.2, 0.25) is 0 Å². The van der Waals surface area contributed by atoms with Crippen LogP contribution in [0.15, 0.2) is 54.3 Å². The molecule has 2 amide bonds. The highest BCUT2D eigenvalue weighted by Gasteiger charge is 2.41. The van der Waals surface area contributed by atoms with Gasteiger partial charge < -0.3 is 19.7 Å². The Hall–Kier alpha value is -3.12. The van der Waals surface area contributed by atoms with E-state index in [0.29, 0.717) is 31.0 Å². The van der Waals surface area contributed by atoms with Crippen molar-refractivity contribution < 1.29 is 19.1 Å². The van der Waals surface area contributed by atoms with Crippen molar-refractivity contribution in [3.05, 3.63) is 76.5 Å². The van der Waals surface area contributed by atoms with E-state index in [4.69, 9.17) is 9.47 Å². The maximum Gasteiger partial charge on any atom is 0.289 e. The van der Waals surface area contributed by atoms with E-state index >= 15 is 0 Å². The number of fused-ring (bicyclic) bond motifs is 1. The first-order valence-electron chi connectivity index (χ1n) is 13.2. The quantitative estimate of drug-likeness (QED) is 0.385. The van der Waals surface area contributed by atoms with E-state index in [1.807, 2.05) is 30.9 Å². The van der Waals surface area contributed by atoms with Gasteiger partial charge in [0, 0.05) is 25.3 Å². The van der Waals surface area contributed by atoms with Gasteiger partial charge in [-0.25, -0.2) is 0 Å². The number of nitrogens with one attached hydrogen (secondary N) is 1. The average molecular weight is 491 g/mol. The lowest BCUT2D eigenvalue weighted by Gasteiger charge is -2.44. The molecule has 36 heavy (non-hydrogen) atoms. The van der Waals surface area contributed by atoms with Crippen LogP contribution in [0.4, 0.5) is 0 Å². The van der Waals surface area contributed by atoms with E-state index in [2.05, 4.69) is 36.5 Å². The second-order valence-corrected chi connectivity index (χ2v) is 10.1. The number of carbonyl (C=O) groups is 2. The summed E-state index contributed by atoms with van der Waals surface area (Å²) in [6.07, 6.45) is 6.97. The summed E-state index contributed by atoms with van der Waals surface area (Å²) in [6.45, 7) is 7.84. The van der Waals surface area contributed by atoms with Gasteiger partial charge in [0.05, 0.1) is 12.1 Å². The van der Waals surface area contributed by atoms with E-state index in [1.54, 1.807) is 18.2 Å². The highest BCUT2D eigenvalue weighted by Crippen LogP contribution is 2.34. The lowest BCUT2D eigenvalue weighted by atomic mass is 9.89. The first-order chi connectivity index (χ1) is 17.4. The number of ether oxygens (including phenoxy) is 2. The number of aryl methyl sites for hydroxylation is 1. The van der Waals surface area contributed by atoms with Crippen molar-refractivity contribution in [2.24, 2.45) is 0 Å². The average Bonchev–Trinajstić information content (AvgIpc) is 2.87. The van der Waals surface area contributed by atoms with Gasteiger partial charge in [0.15, 0.2) is 5.76 Å². The summed E-state index contributed by atoms with van der Waals surface area (Å²) in [5, 5.41) is 2.92. The van der Waals surface area contributed by atoms with Crippen LogP contribution in [0.5, 0.6) is 0 Å². The highest BCUT2D eigenvalue weighted by molar-refractivity contribution is 5.97. The van der Waals surface area contributed by atoms with Crippen molar-refractivity contribution in [2.75, 3.05) is 13.2 Å².